The van der Waals surface area contributed by atoms with E-state index in [4.69, 9.17) is 0 Å². The van der Waals surface area contributed by atoms with E-state index < -0.39 is 0 Å². The fraction of sp³-hybridized carbons (Fsp3) is 0.571. The molecule has 0 saturated carbocycles. The van der Waals surface area contributed by atoms with Crippen LogP contribution in [0.4, 0.5) is 0 Å². The first-order valence-corrected chi connectivity index (χ1v) is 7.76. The summed E-state index contributed by atoms with van der Waals surface area (Å²) in [5.41, 5.74) is 0.457. The van der Waals surface area contributed by atoms with Crippen molar-refractivity contribution in [2.45, 2.75) is 6.42 Å². The number of rotatable bonds is 5. The Morgan fingerprint density at radius 3 is 2.80 bits per heavy atom. The summed E-state index contributed by atoms with van der Waals surface area (Å²) in [6.07, 6.45) is 0.976. The summed E-state index contributed by atoms with van der Waals surface area (Å²) in [5.74, 6) is -0.107. The summed E-state index contributed by atoms with van der Waals surface area (Å²) < 4.78 is 0.683. The van der Waals surface area contributed by atoms with E-state index >= 15 is 0 Å². The topological polar surface area (TPSA) is 48.5 Å². The van der Waals surface area contributed by atoms with Crippen LogP contribution >= 0.6 is 15.9 Å². The molecule has 1 aliphatic rings. The van der Waals surface area contributed by atoms with Gasteiger partial charge < -0.3 is 15.1 Å². The molecule has 0 spiro atoms. The number of pyridine rings is 1. The average Bonchev–Trinajstić information content (AvgIpc) is 2.45. The zero-order valence-corrected chi connectivity index (χ0v) is 13.4. The highest BCUT2D eigenvalue weighted by Crippen LogP contribution is 2.06. The van der Waals surface area contributed by atoms with E-state index in [0.29, 0.717) is 16.8 Å². The first-order valence-electron chi connectivity index (χ1n) is 6.97. The van der Waals surface area contributed by atoms with Crippen molar-refractivity contribution in [3.05, 3.63) is 28.5 Å². The number of aromatic nitrogens is 1. The molecule has 2 rings (SSSR count). The van der Waals surface area contributed by atoms with Gasteiger partial charge in [0.05, 0.1) is 0 Å². The van der Waals surface area contributed by atoms with Crippen LogP contribution in [0.5, 0.6) is 0 Å². The fourth-order valence-corrected chi connectivity index (χ4v) is 2.54. The molecule has 110 valence electrons. The maximum Gasteiger partial charge on any atom is 0.269 e. The quantitative estimate of drug-likeness (QED) is 0.646. The van der Waals surface area contributed by atoms with Crippen LogP contribution in [0.3, 0.4) is 0 Å². The Morgan fingerprint density at radius 1 is 1.35 bits per heavy atom. The van der Waals surface area contributed by atoms with Crippen LogP contribution in [0.1, 0.15) is 16.9 Å². The third kappa shape index (κ3) is 4.85. The molecule has 0 aromatic carbocycles. The molecule has 5 nitrogen and oxygen atoms in total. The van der Waals surface area contributed by atoms with Gasteiger partial charge in [-0.2, -0.15) is 0 Å². The van der Waals surface area contributed by atoms with Crippen LogP contribution in [0, 0.1) is 0 Å². The van der Waals surface area contributed by atoms with Gasteiger partial charge in [0, 0.05) is 32.7 Å². The molecule has 1 aromatic heterocycles. The highest BCUT2D eigenvalue weighted by Gasteiger charge is 2.13. The number of nitrogens with one attached hydrogen (secondary N) is 1. The first-order chi connectivity index (χ1) is 9.65. The number of hydrogen-bond donors (Lipinski definition) is 1. The molecule has 1 N–H and O–H groups in total. The number of carbonyl (C=O) groups excluding carboxylic acids is 1. The number of piperazine rings is 1. The Kier molecular flexibility index (Phi) is 5.94. The molecule has 0 bridgehead atoms. The van der Waals surface area contributed by atoms with Gasteiger partial charge in [-0.25, -0.2) is 4.98 Å². The predicted octanol–water partition coefficient (Wildman–Crippen LogP) is 1.21. The van der Waals surface area contributed by atoms with Crippen LogP contribution in [-0.4, -0.2) is 67.0 Å². The lowest BCUT2D eigenvalue weighted by atomic mass is 10.3. The van der Waals surface area contributed by atoms with Crippen LogP contribution in [0.25, 0.3) is 0 Å². The molecule has 0 radical (unpaired) electrons. The van der Waals surface area contributed by atoms with Gasteiger partial charge in [0.15, 0.2) is 0 Å². The molecule has 1 fully saturated rings. The molecule has 20 heavy (non-hydrogen) atoms. The second-order valence-electron chi connectivity index (χ2n) is 5.10. The van der Waals surface area contributed by atoms with E-state index in [1.807, 2.05) is 12.1 Å². The van der Waals surface area contributed by atoms with Crippen LogP contribution in [-0.2, 0) is 0 Å². The lowest BCUT2D eigenvalue weighted by molar-refractivity contribution is 0.0944. The van der Waals surface area contributed by atoms with Crippen molar-refractivity contribution in [2.24, 2.45) is 0 Å². The number of hydrogen-bond acceptors (Lipinski definition) is 4. The molecular weight excluding hydrogens is 320 g/mol. The Bertz CT molecular complexity index is 447. The lowest BCUT2D eigenvalue weighted by Gasteiger charge is -2.32. The highest BCUT2D eigenvalue weighted by atomic mass is 79.9. The number of likely N-dealkylation sites (N-methyl/N-ethyl adjacent to an activating group) is 1. The van der Waals surface area contributed by atoms with Crippen molar-refractivity contribution in [3.63, 3.8) is 0 Å². The Balaban J connectivity index is 1.64. The van der Waals surface area contributed by atoms with Gasteiger partial charge >= 0.3 is 0 Å². The maximum absolute atomic E-state index is 11.9. The molecule has 1 aromatic rings. The minimum absolute atomic E-state index is 0.107. The molecule has 1 saturated heterocycles. The Morgan fingerprint density at radius 2 is 2.10 bits per heavy atom. The smallest absolute Gasteiger partial charge is 0.269 e. The molecule has 2 heterocycles. The minimum atomic E-state index is -0.107. The van der Waals surface area contributed by atoms with Crippen molar-refractivity contribution in [2.75, 3.05) is 46.3 Å². The van der Waals surface area contributed by atoms with Gasteiger partial charge in [0.25, 0.3) is 5.91 Å². The molecular formula is C14H21BrN4O. The van der Waals surface area contributed by atoms with E-state index in [-0.39, 0.29) is 5.91 Å². The van der Waals surface area contributed by atoms with Crippen LogP contribution in [0.15, 0.2) is 22.8 Å². The summed E-state index contributed by atoms with van der Waals surface area (Å²) in [4.78, 5) is 20.8. The Hall–Kier alpha value is -0.980. The number of carbonyl (C=O) groups is 1. The van der Waals surface area contributed by atoms with Gasteiger partial charge in [0.1, 0.15) is 10.3 Å². The van der Waals surface area contributed by atoms with E-state index in [0.717, 1.165) is 39.1 Å². The van der Waals surface area contributed by atoms with Gasteiger partial charge in [-0.3, -0.25) is 4.79 Å². The third-order valence-electron chi connectivity index (χ3n) is 3.48. The van der Waals surface area contributed by atoms with E-state index in [2.05, 4.69) is 43.1 Å². The van der Waals surface area contributed by atoms with E-state index in [9.17, 15) is 4.79 Å². The normalized spacial score (nSPS) is 17.1. The summed E-state index contributed by atoms with van der Waals surface area (Å²) in [5, 5.41) is 2.92. The second-order valence-corrected chi connectivity index (χ2v) is 5.91. The van der Waals surface area contributed by atoms with Crippen molar-refractivity contribution < 1.29 is 4.79 Å². The highest BCUT2D eigenvalue weighted by molar-refractivity contribution is 9.10. The molecule has 1 aliphatic heterocycles. The maximum atomic E-state index is 11.9. The first kappa shape index (κ1) is 15.4. The van der Waals surface area contributed by atoms with Crippen molar-refractivity contribution in [1.82, 2.24) is 20.1 Å². The largest absolute Gasteiger partial charge is 0.351 e. The predicted molar refractivity (Wildman–Crippen MR) is 82.8 cm³/mol. The summed E-state index contributed by atoms with van der Waals surface area (Å²) in [7, 11) is 2.16. The Labute approximate surface area is 128 Å². The minimum Gasteiger partial charge on any atom is -0.351 e. The van der Waals surface area contributed by atoms with Gasteiger partial charge in [-0.05, 0) is 48.1 Å². The second kappa shape index (κ2) is 7.71. The number of halogens is 1. The number of amides is 1. The summed E-state index contributed by atoms with van der Waals surface area (Å²) in [6.45, 7) is 6.25. The van der Waals surface area contributed by atoms with Crippen molar-refractivity contribution >= 4 is 21.8 Å². The van der Waals surface area contributed by atoms with E-state index in [1.54, 1.807) is 6.07 Å². The SMILES string of the molecule is CN1CCN(CCCNC(=O)c2cccc(Br)n2)CC1. The molecule has 0 unspecified atom stereocenters. The third-order valence-corrected chi connectivity index (χ3v) is 3.92. The zero-order valence-electron chi connectivity index (χ0n) is 11.8. The van der Waals surface area contributed by atoms with Gasteiger partial charge in [-0.15, -0.1) is 0 Å². The van der Waals surface area contributed by atoms with Gasteiger partial charge in [0.2, 0.25) is 0 Å². The van der Waals surface area contributed by atoms with Crippen molar-refractivity contribution in [3.8, 4) is 0 Å². The van der Waals surface area contributed by atoms with E-state index in [1.165, 1.54) is 0 Å². The standard InChI is InChI=1S/C14H21BrN4O/c1-18-8-10-19(11-9-18)7-3-6-16-14(20)12-4-2-5-13(15)17-12/h2,4-5H,3,6-11H2,1H3,(H,16,20). The summed E-state index contributed by atoms with van der Waals surface area (Å²) in [6, 6.07) is 5.35. The fourth-order valence-electron chi connectivity index (χ4n) is 2.20. The lowest BCUT2D eigenvalue weighted by Crippen LogP contribution is -2.45. The average molecular weight is 341 g/mol. The number of nitrogens with zero attached hydrogens (tertiary/aromatic N) is 3. The van der Waals surface area contributed by atoms with Crippen LogP contribution < -0.4 is 5.32 Å². The monoisotopic (exact) mass is 340 g/mol. The zero-order chi connectivity index (χ0) is 14.4. The molecule has 0 aliphatic carbocycles. The van der Waals surface area contributed by atoms with Crippen molar-refractivity contribution in [1.29, 1.82) is 0 Å². The van der Waals surface area contributed by atoms with Crippen LogP contribution in [0.2, 0.25) is 0 Å². The molecule has 0 atom stereocenters. The molecule has 6 heteroatoms. The molecule has 1 amide bonds. The van der Waals surface area contributed by atoms with Gasteiger partial charge in [-0.1, -0.05) is 6.07 Å². The summed E-state index contributed by atoms with van der Waals surface area (Å²) >= 11 is 3.27.